The van der Waals surface area contributed by atoms with Gasteiger partial charge in [0.1, 0.15) is 11.6 Å². The smallest absolute Gasteiger partial charge is 0.254 e. The average Bonchev–Trinajstić information content (AvgIpc) is 2.47. The van der Waals surface area contributed by atoms with E-state index in [2.05, 4.69) is 20.9 Å². The van der Waals surface area contributed by atoms with Gasteiger partial charge in [0.25, 0.3) is 5.56 Å². The van der Waals surface area contributed by atoms with Crippen molar-refractivity contribution >= 4 is 0 Å². The number of rotatable bonds is 3. The van der Waals surface area contributed by atoms with Crippen molar-refractivity contribution in [2.75, 3.05) is 13.7 Å². The summed E-state index contributed by atoms with van der Waals surface area (Å²) in [6, 6.07) is 8.03. The van der Waals surface area contributed by atoms with E-state index in [0.29, 0.717) is 12.4 Å². The first-order chi connectivity index (χ1) is 10.2. The standard InChI is InChI=1S/C16H19N3O2/c1-11-17-14-10-19(8-7-13(14)16(20)18-11)9-12-5-3-4-6-15(12)21-2/h3-6H,7-10H2,1-2H3,(H,17,18,20). The van der Waals surface area contributed by atoms with E-state index in [9.17, 15) is 4.79 Å². The number of para-hydroxylation sites is 1. The first kappa shape index (κ1) is 13.8. The third kappa shape index (κ3) is 2.83. The Morgan fingerprint density at radius 1 is 1.38 bits per heavy atom. The van der Waals surface area contributed by atoms with Crippen molar-refractivity contribution in [3.8, 4) is 5.75 Å². The number of ether oxygens (including phenoxy) is 1. The molecule has 3 rings (SSSR count). The molecule has 1 aliphatic heterocycles. The van der Waals surface area contributed by atoms with E-state index >= 15 is 0 Å². The Balaban J connectivity index is 1.82. The van der Waals surface area contributed by atoms with Crippen LogP contribution in [0.3, 0.4) is 0 Å². The lowest BCUT2D eigenvalue weighted by molar-refractivity contribution is 0.236. The molecule has 2 aromatic rings. The van der Waals surface area contributed by atoms with Gasteiger partial charge in [0.2, 0.25) is 0 Å². The number of aryl methyl sites for hydroxylation is 1. The Hall–Kier alpha value is -2.14. The first-order valence-corrected chi connectivity index (χ1v) is 7.10. The molecule has 0 atom stereocenters. The highest BCUT2D eigenvalue weighted by Gasteiger charge is 2.21. The predicted molar refractivity (Wildman–Crippen MR) is 80.4 cm³/mol. The van der Waals surface area contributed by atoms with Crippen molar-refractivity contribution in [2.24, 2.45) is 0 Å². The van der Waals surface area contributed by atoms with Crippen molar-refractivity contribution in [2.45, 2.75) is 26.4 Å². The molecule has 5 nitrogen and oxygen atoms in total. The quantitative estimate of drug-likeness (QED) is 0.931. The number of nitrogens with one attached hydrogen (secondary N) is 1. The second-order valence-corrected chi connectivity index (χ2v) is 5.35. The van der Waals surface area contributed by atoms with E-state index in [0.717, 1.165) is 42.1 Å². The summed E-state index contributed by atoms with van der Waals surface area (Å²) >= 11 is 0. The third-order valence-electron chi connectivity index (χ3n) is 3.86. The SMILES string of the molecule is COc1ccccc1CN1CCc2c(nc(C)[nH]c2=O)C1. The van der Waals surface area contributed by atoms with Gasteiger partial charge in [-0.2, -0.15) is 0 Å². The van der Waals surface area contributed by atoms with Crippen molar-refractivity contribution in [1.82, 2.24) is 14.9 Å². The van der Waals surface area contributed by atoms with Crippen LogP contribution >= 0.6 is 0 Å². The minimum absolute atomic E-state index is 0.00874. The molecule has 1 N–H and O–H groups in total. The van der Waals surface area contributed by atoms with Gasteiger partial charge in [-0.1, -0.05) is 18.2 Å². The molecule has 110 valence electrons. The molecule has 1 aromatic heterocycles. The fourth-order valence-electron chi connectivity index (χ4n) is 2.83. The van der Waals surface area contributed by atoms with Crippen LogP contribution in [-0.2, 0) is 19.5 Å². The van der Waals surface area contributed by atoms with Crippen LogP contribution in [-0.4, -0.2) is 28.5 Å². The number of hydrogen-bond acceptors (Lipinski definition) is 4. The molecule has 0 bridgehead atoms. The Labute approximate surface area is 123 Å². The number of aromatic nitrogens is 2. The molecule has 0 fully saturated rings. The molecular formula is C16H19N3O2. The van der Waals surface area contributed by atoms with Gasteiger partial charge in [-0.25, -0.2) is 4.98 Å². The highest BCUT2D eigenvalue weighted by atomic mass is 16.5. The zero-order valence-electron chi connectivity index (χ0n) is 12.3. The fourth-order valence-corrected chi connectivity index (χ4v) is 2.83. The summed E-state index contributed by atoms with van der Waals surface area (Å²) in [5.41, 5.74) is 2.90. The van der Waals surface area contributed by atoms with Crippen LogP contribution in [0.2, 0.25) is 0 Å². The molecule has 1 aromatic carbocycles. The van der Waals surface area contributed by atoms with Gasteiger partial charge in [-0.05, 0) is 19.4 Å². The van der Waals surface area contributed by atoms with Crippen LogP contribution in [0, 0.1) is 6.92 Å². The van der Waals surface area contributed by atoms with Crippen LogP contribution < -0.4 is 10.3 Å². The molecule has 0 saturated heterocycles. The van der Waals surface area contributed by atoms with E-state index in [4.69, 9.17) is 4.74 Å². The van der Waals surface area contributed by atoms with Crippen LogP contribution in [0.25, 0.3) is 0 Å². The molecule has 0 spiro atoms. The maximum Gasteiger partial charge on any atom is 0.254 e. The zero-order valence-corrected chi connectivity index (χ0v) is 12.3. The van der Waals surface area contributed by atoms with E-state index in [1.807, 2.05) is 25.1 Å². The maximum atomic E-state index is 11.9. The van der Waals surface area contributed by atoms with Gasteiger partial charge < -0.3 is 9.72 Å². The maximum absolute atomic E-state index is 11.9. The number of methoxy groups -OCH3 is 1. The Morgan fingerprint density at radius 3 is 3.00 bits per heavy atom. The summed E-state index contributed by atoms with van der Waals surface area (Å²) in [7, 11) is 1.69. The molecule has 0 aliphatic carbocycles. The average molecular weight is 285 g/mol. The number of fused-ring (bicyclic) bond motifs is 1. The van der Waals surface area contributed by atoms with E-state index in [1.54, 1.807) is 7.11 Å². The summed E-state index contributed by atoms with van der Waals surface area (Å²) in [4.78, 5) is 21.5. The van der Waals surface area contributed by atoms with Crippen LogP contribution in [0.4, 0.5) is 0 Å². The second-order valence-electron chi connectivity index (χ2n) is 5.35. The Kier molecular flexibility index (Phi) is 3.75. The van der Waals surface area contributed by atoms with Gasteiger partial charge in [0, 0.05) is 30.8 Å². The van der Waals surface area contributed by atoms with Gasteiger partial charge in [-0.15, -0.1) is 0 Å². The molecule has 0 saturated carbocycles. The summed E-state index contributed by atoms with van der Waals surface area (Å²) in [5.74, 6) is 1.58. The number of H-pyrrole nitrogens is 1. The molecule has 2 heterocycles. The largest absolute Gasteiger partial charge is 0.496 e. The summed E-state index contributed by atoms with van der Waals surface area (Å²) in [6.07, 6.45) is 0.743. The molecular weight excluding hydrogens is 266 g/mol. The number of nitrogens with zero attached hydrogens (tertiary/aromatic N) is 2. The zero-order chi connectivity index (χ0) is 14.8. The van der Waals surface area contributed by atoms with Crippen molar-refractivity contribution < 1.29 is 4.74 Å². The molecule has 1 aliphatic rings. The summed E-state index contributed by atoms with van der Waals surface area (Å²) < 4.78 is 5.40. The fraction of sp³-hybridized carbons (Fsp3) is 0.375. The lowest BCUT2D eigenvalue weighted by atomic mass is 10.1. The molecule has 21 heavy (non-hydrogen) atoms. The van der Waals surface area contributed by atoms with Crippen LogP contribution in [0.5, 0.6) is 5.75 Å². The summed E-state index contributed by atoms with van der Waals surface area (Å²) in [6.45, 7) is 4.19. The number of benzene rings is 1. The van der Waals surface area contributed by atoms with Crippen LogP contribution in [0.1, 0.15) is 22.6 Å². The minimum Gasteiger partial charge on any atom is -0.496 e. The highest BCUT2D eigenvalue weighted by molar-refractivity contribution is 5.33. The lowest BCUT2D eigenvalue weighted by Gasteiger charge is -2.28. The van der Waals surface area contributed by atoms with Gasteiger partial charge in [-0.3, -0.25) is 9.69 Å². The Morgan fingerprint density at radius 2 is 2.19 bits per heavy atom. The predicted octanol–water partition coefficient (Wildman–Crippen LogP) is 1.65. The van der Waals surface area contributed by atoms with Crippen molar-refractivity contribution in [1.29, 1.82) is 0 Å². The second kappa shape index (κ2) is 5.69. The molecule has 0 amide bonds. The van der Waals surface area contributed by atoms with Crippen LogP contribution in [0.15, 0.2) is 29.1 Å². The molecule has 0 radical (unpaired) electrons. The molecule has 5 heteroatoms. The van der Waals surface area contributed by atoms with E-state index < -0.39 is 0 Å². The highest BCUT2D eigenvalue weighted by Crippen LogP contribution is 2.22. The monoisotopic (exact) mass is 285 g/mol. The van der Waals surface area contributed by atoms with Gasteiger partial charge >= 0.3 is 0 Å². The number of aromatic amines is 1. The molecule has 0 unspecified atom stereocenters. The Bertz CT molecular complexity index is 709. The van der Waals surface area contributed by atoms with Crippen molar-refractivity contribution in [3.63, 3.8) is 0 Å². The minimum atomic E-state index is 0.00874. The van der Waals surface area contributed by atoms with Crippen molar-refractivity contribution in [3.05, 3.63) is 57.3 Å². The summed E-state index contributed by atoms with van der Waals surface area (Å²) in [5, 5.41) is 0. The van der Waals surface area contributed by atoms with Gasteiger partial charge in [0.15, 0.2) is 0 Å². The topological polar surface area (TPSA) is 58.2 Å². The lowest BCUT2D eigenvalue weighted by Crippen LogP contribution is -2.35. The first-order valence-electron chi connectivity index (χ1n) is 7.10. The number of hydrogen-bond donors (Lipinski definition) is 1. The van der Waals surface area contributed by atoms with E-state index in [-0.39, 0.29) is 5.56 Å². The normalized spacial score (nSPS) is 14.8. The third-order valence-corrected chi connectivity index (χ3v) is 3.86. The van der Waals surface area contributed by atoms with Gasteiger partial charge in [0.05, 0.1) is 12.8 Å². The van der Waals surface area contributed by atoms with E-state index in [1.165, 1.54) is 0 Å².